The molecule has 5 heteroatoms. The van der Waals surface area contributed by atoms with Crippen LogP contribution in [0.3, 0.4) is 0 Å². The van der Waals surface area contributed by atoms with Gasteiger partial charge in [0.05, 0.1) is 13.2 Å². The van der Waals surface area contributed by atoms with Crippen LogP contribution in [0.25, 0.3) is 0 Å². The van der Waals surface area contributed by atoms with Gasteiger partial charge in [0.15, 0.2) is 0 Å². The minimum atomic E-state index is -0.245. The molecule has 0 saturated carbocycles. The minimum Gasteiger partial charge on any atom is -0.450 e. The van der Waals surface area contributed by atoms with Crippen LogP contribution in [0.15, 0.2) is 0 Å². The Morgan fingerprint density at radius 3 is 2.28 bits per heavy atom. The third-order valence-electron chi connectivity index (χ3n) is 3.44. The Balaban J connectivity index is 2.31. The molecule has 1 fully saturated rings. The van der Waals surface area contributed by atoms with E-state index in [-0.39, 0.29) is 12.0 Å². The average Bonchev–Trinajstić information content (AvgIpc) is 2.38. The number of carbonyl (C=O) groups is 2. The van der Waals surface area contributed by atoms with Gasteiger partial charge in [-0.1, -0.05) is 13.8 Å². The number of nitrogens with zero attached hydrogens (tertiary/aromatic N) is 2. The summed E-state index contributed by atoms with van der Waals surface area (Å²) in [6.45, 7) is 9.51. The van der Waals surface area contributed by atoms with E-state index in [1.807, 2.05) is 13.8 Å². The van der Waals surface area contributed by atoms with Crippen LogP contribution in [0.1, 0.15) is 27.2 Å². The van der Waals surface area contributed by atoms with Gasteiger partial charge in [-0.25, -0.2) is 4.79 Å². The normalized spacial score (nSPS) is 18.5. The first kappa shape index (κ1) is 15.0. The first-order chi connectivity index (χ1) is 8.58. The smallest absolute Gasteiger partial charge is 0.409 e. The number of carbonyl (C=O) groups excluding carboxylic acids is 2. The maximum absolute atomic E-state index is 11.8. The monoisotopic (exact) mass is 256 g/mol. The average molecular weight is 256 g/mol. The number of piperazine rings is 1. The number of amides is 1. The molecular formula is C13H24N2O3. The van der Waals surface area contributed by atoms with Crippen molar-refractivity contribution in [2.75, 3.05) is 39.3 Å². The van der Waals surface area contributed by atoms with Gasteiger partial charge in [0.25, 0.3) is 0 Å². The van der Waals surface area contributed by atoms with Crippen molar-refractivity contribution in [2.24, 2.45) is 5.92 Å². The zero-order chi connectivity index (χ0) is 13.5. The largest absolute Gasteiger partial charge is 0.450 e. The second kappa shape index (κ2) is 7.36. The molecule has 0 bridgehead atoms. The molecule has 1 atom stereocenters. The van der Waals surface area contributed by atoms with Gasteiger partial charge in [-0.3, -0.25) is 9.69 Å². The number of Topliss-reactive ketones (excluding diaryl/α,β-unsaturated/α-hetero) is 1. The summed E-state index contributed by atoms with van der Waals surface area (Å²) in [5, 5.41) is 0. The molecule has 0 aliphatic carbocycles. The molecule has 0 aromatic carbocycles. The lowest BCUT2D eigenvalue weighted by molar-refractivity contribution is -0.123. The van der Waals surface area contributed by atoms with Gasteiger partial charge in [0.2, 0.25) is 0 Å². The van der Waals surface area contributed by atoms with Crippen LogP contribution >= 0.6 is 0 Å². The zero-order valence-electron chi connectivity index (χ0n) is 11.6. The van der Waals surface area contributed by atoms with Crippen LogP contribution in [-0.4, -0.2) is 61.0 Å². The molecule has 1 saturated heterocycles. The maximum Gasteiger partial charge on any atom is 0.409 e. The number of ketones is 1. The predicted molar refractivity (Wildman–Crippen MR) is 69.5 cm³/mol. The van der Waals surface area contributed by atoms with Crippen LogP contribution in [0, 0.1) is 5.92 Å². The van der Waals surface area contributed by atoms with Crippen LogP contribution in [-0.2, 0) is 9.53 Å². The Hall–Kier alpha value is -1.10. The van der Waals surface area contributed by atoms with E-state index in [2.05, 4.69) is 4.90 Å². The van der Waals surface area contributed by atoms with Crippen molar-refractivity contribution in [2.45, 2.75) is 27.2 Å². The van der Waals surface area contributed by atoms with Gasteiger partial charge in [-0.15, -0.1) is 0 Å². The summed E-state index contributed by atoms with van der Waals surface area (Å²) >= 11 is 0. The van der Waals surface area contributed by atoms with Crippen LogP contribution in [0.4, 0.5) is 4.79 Å². The Labute approximate surface area is 109 Å². The van der Waals surface area contributed by atoms with E-state index in [0.29, 0.717) is 32.0 Å². The third kappa shape index (κ3) is 4.29. The Kier molecular flexibility index (Phi) is 6.12. The molecule has 0 radical (unpaired) electrons. The van der Waals surface area contributed by atoms with Crippen LogP contribution in [0.2, 0.25) is 0 Å². The quantitative estimate of drug-likeness (QED) is 0.745. The number of hydrogen-bond donors (Lipinski definition) is 0. The van der Waals surface area contributed by atoms with Crippen LogP contribution < -0.4 is 0 Å². The number of ether oxygens (including phenoxy) is 1. The molecule has 18 heavy (non-hydrogen) atoms. The molecule has 1 rings (SSSR count). The summed E-state index contributed by atoms with van der Waals surface area (Å²) in [7, 11) is 0. The van der Waals surface area contributed by atoms with Crippen molar-refractivity contribution in [3.05, 3.63) is 0 Å². The summed E-state index contributed by atoms with van der Waals surface area (Å²) in [5.41, 5.74) is 0. The van der Waals surface area contributed by atoms with Gasteiger partial charge in [-0.2, -0.15) is 0 Å². The summed E-state index contributed by atoms with van der Waals surface area (Å²) in [6.07, 6.45) is 0.646. The van der Waals surface area contributed by atoms with Crippen molar-refractivity contribution < 1.29 is 14.3 Å². The molecule has 1 heterocycles. The summed E-state index contributed by atoms with van der Waals surface area (Å²) < 4.78 is 4.95. The lowest BCUT2D eigenvalue weighted by Gasteiger charge is -2.33. The highest BCUT2D eigenvalue weighted by molar-refractivity contribution is 5.82. The Bertz CT molecular complexity index is 286. The second-order valence-electron chi connectivity index (χ2n) is 4.74. The topological polar surface area (TPSA) is 49.9 Å². The van der Waals surface area contributed by atoms with E-state index in [4.69, 9.17) is 4.74 Å². The number of hydrogen-bond acceptors (Lipinski definition) is 4. The lowest BCUT2D eigenvalue weighted by Crippen LogP contribution is -2.50. The van der Waals surface area contributed by atoms with Crippen molar-refractivity contribution in [3.63, 3.8) is 0 Å². The van der Waals surface area contributed by atoms with Crippen molar-refractivity contribution in [3.8, 4) is 0 Å². The van der Waals surface area contributed by atoms with E-state index in [9.17, 15) is 9.59 Å². The SMILES string of the molecule is CCOC(=O)N1CCN(CC(=O)C(C)CC)CC1. The van der Waals surface area contributed by atoms with Crippen molar-refractivity contribution in [1.82, 2.24) is 9.80 Å². The minimum absolute atomic E-state index is 0.132. The van der Waals surface area contributed by atoms with E-state index >= 15 is 0 Å². The Morgan fingerprint density at radius 1 is 1.17 bits per heavy atom. The van der Waals surface area contributed by atoms with E-state index in [1.54, 1.807) is 11.8 Å². The fourth-order valence-electron chi connectivity index (χ4n) is 1.91. The number of rotatable bonds is 5. The molecule has 1 unspecified atom stereocenters. The highest BCUT2D eigenvalue weighted by Gasteiger charge is 2.23. The van der Waals surface area contributed by atoms with E-state index in [1.165, 1.54) is 0 Å². The molecule has 0 spiro atoms. The first-order valence-electron chi connectivity index (χ1n) is 6.75. The standard InChI is InChI=1S/C13H24N2O3/c1-4-11(3)12(16)10-14-6-8-15(9-7-14)13(17)18-5-2/h11H,4-10H2,1-3H3. The van der Waals surface area contributed by atoms with E-state index in [0.717, 1.165) is 19.5 Å². The molecular weight excluding hydrogens is 232 g/mol. The molecule has 0 aromatic heterocycles. The molecule has 5 nitrogen and oxygen atoms in total. The van der Waals surface area contributed by atoms with Gasteiger partial charge in [0.1, 0.15) is 5.78 Å². The van der Waals surface area contributed by atoms with Gasteiger partial charge in [0, 0.05) is 32.1 Å². The van der Waals surface area contributed by atoms with Gasteiger partial charge < -0.3 is 9.64 Å². The first-order valence-corrected chi connectivity index (χ1v) is 6.75. The fraction of sp³-hybridized carbons (Fsp3) is 0.846. The van der Waals surface area contributed by atoms with Crippen molar-refractivity contribution >= 4 is 11.9 Å². The fourth-order valence-corrected chi connectivity index (χ4v) is 1.91. The van der Waals surface area contributed by atoms with Crippen molar-refractivity contribution in [1.29, 1.82) is 0 Å². The third-order valence-corrected chi connectivity index (χ3v) is 3.44. The van der Waals surface area contributed by atoms with E-state index < -0.39 is 0 Å². The lowest BCUT2D eigenvalue weighted by atomic mass is 10.0. The van der Waals surface area contributed by atoms with Gasteiger partial charge >= 0.3 is 6.09 Å². The zero-order valence-corrected chi connectivity index (χ0v) is 11.6. The van der Waals surface area contributed by atoms with Crippen LogP contribution in [0.5, 0.6) is 0 Å². The maximum atomic E-state index is 11.8. The summed E-state index contributed by atoms with van der Waals surface area (Å²) in [6, 6.07) is 0. The molecule has 0 N–H and O–H groups in total. The molecule has 1 aliphatic heterocycles. The highest BCUT2D eigenvalue weighted by atomic mass is 16.6. The predicted octanol–water partition coefficient (Wildman–Crippen LogP) is 1.38. The second-order valence-corrected chi connectivity index (χ2v) is 4.74. The Morgan fingerprint density at radius 2 is 1.78 bits per heavy atom. The molecule has 1 aliphatic rings. The molecule has 104 valence electrons. The summed E-state index contributed by atoms with van der Waals surface area (Å²) in [4.78, 5) is 27.1. The summed E-state index contributed by atoms with van der Waals surface area (Å²) in [5.74, 6) is 0.426. The molecule has 1 amide bonds. The molecule has 0 aromatic rings. The van der Waals surface area contributed by atoms with Gasteiger partial charge in [-0.05, 0) is 13.3 Å². The highest BCUT2D eigenvalue weighted by Crippen LogP contribution is 2.07.